The van der Waals surface area contributed by atoms with E-state index in [1.165, 1.54) is 0 Å². The largest absolute Gasteiger partial charge is 0.381 e. The zero-order chi connectivity index (χ0) is 17.7. The number of hydrogen-bond donors (Lipinski definition) is 1. The summed E-state index contributed by atoms with van der Waals surface area (Å²) in [5, 5.41) is 10.2. The van der Waals surface area contributed by atoms with Crippen molar-refractivity contribution in [3.8, 4) is 0 Å². The second kappa shape index (κ2) is 8.03. The Kier molecular flexibility index (Phi) is 5.77. The lowest BCUT2D eigenvalue weighted by atomic mass is 9.76. The fourth-order valence-electron chi connectivity index (χ4n) is 3.35. The number of aliphatic hydroxyl groups excluding tert-OH is 1. The Morgan fingerprint density at radius 2 is 1.00 bits per heavy atom. The highest BCUT2D eigenvalue weighted by Crippen LogP contribution is 2.44. The summed E-state index contributed by atoms with van der Waals surface area (Å²) in [6.45, 7) is -0.295. The topological polar surface area (TPSA) is 23.5 Å². The fourth-order valence-corrected chi connectivity index (χ4v) is 3.77. The SMILES string of the molecule is OCN(C(Cl)Cl)C(c1ccccc1)(c1ccccc1)c1ccccc1. The van der Waals surface area contributed by atoms with Gasteiger partial charge in [-0.2, -0.15) is 0 Å². The number of aliphatic hydroxyl groups is 1. The zero-order valence-corrected chi connectivity index (χ0v) is 15.1. The number of nitrogens with zero attached hydrogens (tertiary/aromatic N) is 1. The Morgan fingerprint density at radius 1 is 0.680 bits per heavy atom. The monoisotopic (exact) mass is 371 g/mol. The van der Waals surface area contributed by atoms with Crippen molar-refractivity contribution < 1.29 is 5.11 Å². The minimum absolute atomic E-state index is 0.295. The molecule has 0 saturated heterocycles. The molecule has 0 aliphatic rings. The third kappa shape index (κ3) is 3.31. The van der Waals surface area contributed by atoms with Crippen LogP contribution >= 0.6 is 23.2 Å². The molecule has 0 atom stereocenters. The lowest BCUT2D eigenvalue weighted by Gasteiger charge is -2.45. The molecule has 3 aromatic carbocycles. The Bertz CT molecular complexity index is 682. The maximum Gasteiger partial charge on any atom is 0.163 e. The molecule has 3 rings (SSSR count). The predicted molar refractivity (Wildman–Crippen MR) is 104 cm³/mol. The molecule has 0 spiro atoms. The van der Waals surface area contributed by atoms with E-state index in [0.717, 1.165) is 16.7 Å². The smallest absolute Gasteiger partial charge is 0.163 e. The Balaban J connectivity index is 2.40. The zero-order valence-electron chi connectivity index (χ0n) is 13.6. The van der Waals surface area contributed by atoms with Gasteiger partial charge in [0, 0.05) is 0 Å². The third-order valence-corrected chi connectivity index (χ3v) is 4.86. The van der Waals surface area contributed by atoms with Crippen molar-refractivity contribution in [2.24, 2.45) is 0 Å². The summed E-state index contributed by atoms with van der Waals surface area (Å²) >= 11 is 12.6. The van der Waals surface area contributed by atoms with Crippen molar-refractivity contribution in [2.75, 3.05) is 6.73 Å². The maximum atomic E-state index is 10.2. The quantitative estimate of drug-likeness (QED) is 0.285. The molecule has 128 valence electrons. The summed E-state index contributed by atoms with van der Waals surface area (Å²) in [7, 11) is 0. The fraction of sp³-hybridized carbons (Fsp3) is 0.143. The van der Waals surface area contributed by atoms with E-state index in [2.05, 4.69) is 0 Å². The van der Waals surface area contributed by atoms with Gasteiger partial charge in [-0.1, -0.05) is 114 Å². The van der Waals surface area contributed by atoms with Gasteiger partial charge in [0.15, 0.2) is 4.96 Å². The second-order valence-electron chi connectivity index (χ2n) is 5.70. The van der Waals surface area contributed by atoms with Crippen LogP contribution in [0, 0.1) is 0 Å². The van der Waals surface area contributed by atoms with Gasteiger partial charge in [0.1, 0.15) is 5.54 Å². The highest BCUT2D eigenvalue weighted by Gasteiger charge is 2.44. The highest BCUT2D eigenvalue weighted by molar-refractivity contribution is 6.43. The van der Waals surface area contributed by atoms with Crippen LogP contribution in [0.5, 0.6) is 0 Å². The van der Waals surface area contributed by atoms with Gasteiger partial charge in [0.2, 0.25) is 0 Å². The van der Waals surface area contributed by atoms with E-state index in [0.29, 0.717) is 0 Å². The van der Waals surface area contributed by atoms with E-state index in [9.17, 15) is 5.11 Å². The normalized spacial score (nSPS) is 11.9. The second-order valence-corrected chi connectivity index (χ2v) is 6.75. The maximum absolute atomic E-state index is 10.2. The van der Waals surface area contributed by atoms with Gasteiger partial charge in [-0.25, -0.2) is 4.90 Å². The van der Waals surface area contributed by atoms with Gasteiger partial charge in [-0.05, 0) is 16.7 Å². The van der Waals surface area contributed by atoms with Crippen LogP contribution in [0.25, 0.3) is 0 Å². The number of alkyl halides is 2. The highest BCUT2D eigenvalue weighted by atomic mass is 35.5. The number of benzene rings is 3. The molecule has 3 aromatic rings. The molecule has 0 aromatic heterocycles. The average molecular weight is 372 g/mol. The Labute approximate surface area is 158 Å². The van der Waals surface area contributed by atoms with E-state index < -0.39 is 10.5 Å². The van der Waals surface area contributed by atoms with Crippen molar-refractivity contribution in [3.05, 3.63) is 108 Å². The van der Waals surface area contributed by atoms with Gasteiger partial charge in [-0.15, -0.1) is 0 Å². The van der Waals surface area contributed by atoms with Crippen LogP contribution < -0.4 is 0 Å². The van der Waals surface area contributed by atoms with Crippen molar-refractivity contribution in [1.29, 1.82) is 0 Å². The molecule has 25 heavy (non-hydrogen) atoms. The molecule has 0 saturated carbocycles. The van der Waals surface area contributed by atoms with Gasteiger partial charge >= 0.3 is 0 Å². The predicted octanol–water partition coefficient (Wildman–Crippen LogP) is 4.99. The third-order valence-electron chi connectivity index (χ3n) is 4.39. The molecule has 0 bridgehead atoms. The van der Waals surface area contributed by atoms with Gasteiger partial charge in [0.05, 0.1) is 6.73 Å². The van der Waals surface area contributed by atoms with Crippen LogP contribution in [0.2, 0.25) is 0 Å². The lowest BCUT2D eigenvalue weighted by Crippen LogP contribution is -2.50. The summed E-state index contributed by atoms with van der Waals surface area (Å²) in [5.74, 6) is 0. The molecule has 0 radical (unpaired) electrons. The minimum Gasteiger partial charge on any atom is -0.381 e. The minimum atomic E-state index is -0.898. The first-order chi connectivity index (χ1) is 12.2. The molecule has 2 nitrogen and oxygen atoms in total. The van der Waals surface area contributed by atoms with Crippen LogP contribution in [-0.4, -0.2) is 21.7 Å². The summed E-state index contributed by atoms with van der Waals surface area (Å²) in [5.41, 5.74) is 2.13. The molecule has 0 amide bonds. The van der Waals surface area contributed by atoms with E-state index in [4.69, 9.17) is 23.2 Å². The van der Waals surface area contributed by atoms with Gasteiger partial charge in [0.25, 0.3) is 0 Å². The molecule has 1 N–H and O–H groups in total. The van der Waals surface area contributed by atoms with Crippen LogP contribution in [-0.2, 0) is 5.54 Å². The van der Waals surface area contributed by atoms with Crippen LogP contribution in [0.4, 0.5) is 0 Å². The van der Waals surface area contributed by atoms with Crippen molar-refractivity contribution in [1.82, 2.24) is 4.90 Å². The molecule has 0 heterocycles. The first-order valence-electron chi connectivity index (χ1n) is 8.03. The molecule has 0 fully saturated rings. The molecule has 0 aliphatic heterocycles. The summed E-state index contributed by atoms with van der Waals surface area (Å²) < 4.78 is 0. The summed E-state index contributed by atoms with van der Waals surface area (Å²) in [4.78, 5) is 0.779. The van der Waals surface area contributed by atoms with Crippen molar-refractivity contribution in [2.45, 2.75) is 10.5 Å². The van der Waals surface area contributed by atoms with Crippen molar-refractivity contribution in [3.63, 3.8) is 0 Å². The van der Waals surface area contributed by atoms with E-state index in [1.807, 2.05) is 91.0 Å². The molecule has 0 aliphatic carbocycles. The first-order valence-corrected chi connectivity index (χ1v) is 8.91. The van der Waals surface area contributed by atoms with Crippen LogP contribution in [0.15, 0.2) is 91.0 Å². The van der Waals surface area contributed by atoms with Crippen molar-refractivity contribution >= 4 is 23.2 Å². The molecular formula is C21H19Cl2NO. The lowest BCUT2D eigenvalue weighted by molar-refractivity contribution is 0.0511. The Hall–Kier alpha value is -1.84. The Morgan fingerprint density at radius 3 is 1.24 bits per heavy atom. The van der Waals surface area contributed by atoms with Crippen LogP contribution in [0.3, 0.4) is 0 Å². The summed E-state index contributed by atoms with van der Waals surface area (Å²) in [6, 6.07) is 29.9. The van der Waals surface area contributed by atoms with Crippen LogP contribution in [0.1, 0.15) is 16.7 Å². The standard InChI is InChI=1S/C21H19Cl2NO/c22-20(23)24(16-25)21(17-10-4-1-5-11-17,18-12-6-2-7-13-18)19-14-8-3-9-15-19/h1-15,20,25H,16H2. The van der Waals surface area contributed by atoms with E-state index >= 15 is 0 Å². The number of halogens is 2. The average Bonchev–Trinajstić information content (AvgIpc) is 2.68. The molecule has 0 unspecified atom stereocenters. The number of hydrogen-bond acceptors (Lipinski definition) is 2. The van der Waals surface area contributed by atoms with Gasteiger partial charge in [-0.3, -0.25) is 0 Å². The van der Waals surface area contributed by atoms with Gasteiger partial charge < -0.3 is 5.11 Å². The first kappa shape index (κ1) is 18.0. The summed E-state index contributed by atoms with van der Waals surface area (Å²) in [6.07, 6.45) is 0. The van der Waals surface area contributed by atoms with E-state index in [1.54, 1.807) is 4.90 Å². The number of rotatable bonds is 6. The van der Waals surface area contributed by atoms with E-state index in [-0.39, 0.29) is 6.73 Å². The molecule has 4 heteroatoms. The molecular weight excluding hydrogens is 353 g/mol.